The largest absolute Gasteiger partial charge is 0.396 e. The molecule has 0 spiro atoms. The monoisotopic (exact) mass is 162 g/mol. The molecule has 0 amide bonds. The van der Waals surface area contributed by atoms with Crippen LogP contribution in [0.15, 0.2) is 12.7 Å². The maximum Gasteiger partial charge on any atom is 0.107 e. The van der Waals surface area contributed by atoms with Gasteiger partial charge in [-0.15, -0.1) is 0 Å². The molecule has 1 unspecified atom stereocenters. The summed E-state index contributed by atoms with van der Waals surface area (Å²) in [4.78, 5) is 0. The first-order chi connectivity index (χ1) is 4.62. The molecule has 0 saturated heterocycles. The molecule has 0 aliphatic rings. The highest BCUT2D eigenvalue weighted by Crippen LogP contribution is 2.07. The van der Waals surface area contributed by atoms with Gasteiger partial charge in [0, 0.05) is 13.0 Å². The van der Waals surface area contributed by atoms with Crippen LogP contribution in [-0.2, 0) is 0 Å². The van der Waals surface area contributed by atoms with Crippen LogP contribution >= 0.6 is 12.8 Å². The Balaban J connectivity index is 3.51. The van der Waals surface area contributed by atoms with Crippen LogP contribution in [0.2, 0.25) is 0 Å². The summed E-state index contributed by atoms with van der Waals surface area (Å²) in [7, 11) is 2.00. The number of rotatable bonds is 5. The number of likely N-dealkylation sites (N-methyl/N-ethyl adjacent to an activating group) is 1. The molecule has 3 heteroatoms. The number of aliphatic hydroxyl groups is 1. The summed E-state index contributed by atoms with van der Waals surface area (Å²) in [5.74, 6) is 0. The highest BCUT2D eigenvalue weighted by Gasteiger charge is 2.12. The van der Waals surface area contributed by atoms with Crippen LogP contribution in [0.1, 0.15) is 6.42 Å². The lowest BCUT2D eigenvalue weighted by Gasteiger charge is -2.24. The molecular formula is C7H16NOS+. The van der Waals surface area contributed by atoms with Crippen molar-refractivity contribution < 1.29 is 8.99 Å². The fourth-order valence-corrected chi connectivity index (χ4v) is 1.04. The Labute approximate surface area is 68.3 Å². The zero-order chi connectivity index (χ0) is 8.04. The van der Waals surface area contributed by atoms with E-state index in [1.807, 2.05) is 13.1 Å². The fourth-order valence-electron chi connectivity index (χ4n) is 0.781. The second-order valence-electron chi connectivity index (χ2n) is 2.61. The predicted octanol–water partition coefficient (Wildman–Crippen LogP) is 0.846. The minimum atomic E-state index is 0.242. The summed E-state index contributed by atoms with van der Waals surface area (Å²) in [6.45, 7) is 5.59. The lowest BCUT2D eigenvalue weighted by Crippen LogP contribution is -2.34. The van der Waals surface area contributed by atoms with Gasteiger partial charge in [0.1, 0.15) is 6.54 Å². The number of aliphatic hydroxyl groups excluding tert-OH is 1. The van der Waals surface area contributed by atoms with E-state index in [0.29, 0.717) is 3.89 Å². The van der Waals surface area contributed by atoms with Crippen LogP contribution in [0.4, 0.5) is 0 Å². The van der Waals surface area contributed by atoms with E-state index in [1.165, 1.54) is 0 Å². The lowest BCUT2D eigenvalue weighted by molar-refractivity contribution is -0.763. The Hall–Kier alpha value is 0.01000. The molecule has 0 aromatic carbocycles. The van der Waals surface area contributed by atoms with Gasteiger partial charge < -0.3 is 5.11 Å². The Morgan fingerprint density at radius 2 is 2.30 bits per heavy atom. The molecule has 1 N–H and O–H groups in total. The number of nitrogens with zero attached hydrogens (tertiary/aromatic N) is 1. The van der Waals surface area contributed by atoms with Gasteiger partial charge in [-0.1, -0.05) is 6.58 Å². The first kappa shape index (κ1) is 10.0. The van der Waals surface area contributed by atoms with Crippen LogP contribution in [-0.4, -0.2) is 35.7 Å². The average Bonchev–Trinajstić information content (AvgIpc) is 1.84. The first-order valence-corrected chi connectivity index (χ1v) is 3.81. The van der Waals surface area contributed by atoms with Gasteiger partial charge in [0.15, 0.2) is 0 Å². The van der Waals surface area contributed by atoms with Gasteiger partial charge in [0.25, 0.3) is 0 Å². The first-order valence-electron chi connectivity index (χ1n) is 3.41. The van der Waals surface area contributed by atoms with Crippen LogP contribution < -0.4 is 0 Å². The number of hydrogen-bond acceptors (Lipinski definition) is 2. The van der Waals surface area contributed by atoms with E-state index in [1.54, 1.807) is 0 Å². The van der Waals surface area contributed by atoms with Gasteiger partial charge in [-0.2, -0.15) is 0 Å². The van der Waals surface area contributed by atoms with Gasteiger partial charge in [0.2, 0.25) is 0 Å². The summed E-state index contributed by atoms with van der Waals surface area (Å²) in [6.07, 6.45) is 2.64. The molecule has 0 bridgehead atoms. The standard InChI is InChI=1S/C7H16NOS/c1-3-5-8(2,10)6-4-7-9/h3,9-10H,1,4-7H2,2H3/q+1. The van der Waals surface area contributed by atoms with E-state index in [4.69, 9.17) is 5.11 Å². The lowest BCUT2D eigenvalue weighted by atomic mass is 10.4. The number of thiol groups is 1. The van der Waals surface area contributed by atoms with E-state index >= 15 is 0 Å². The molecule has 0 rings (SSSR count). The molecule has 2 nitrogen and oxygen atoms in total. The normalized spacial score (nSPS) is 16.3. The fraction of sp³-hybridized carbons (Fsp3) is 0.714. The van der Waals surface area contributed by atoms with Crippen LogP contribution in [0.5, 0.6) is 0 Å². The maximum absolute atomic E-state index is 8.53. The third-order valence-corrected chi connectivity index (χ3v) is 1.68. The maximum atomic E-state index is 8.53. The van der Waals surface area contributed by atoms with Gasteiger partial charge >= 0.3 is 0 Å². The van der Waals surface area contributed by atoms with Gasteiger partial charge in [-0.05, 0) is 6.08 Å². The Bertz CT molecular complexity index is 104. The summed E-state index contributed by atoms with van der Waals surface area (Å²) < 4.78 is 0.615. The van der Waals surface area contributed by atoms with Crippen molar-refractivity contribution >= 4 is 12.8 Å². The van der Waals surface area contributed by atoms with Gasteiger partial charge in [-0.3, -0.25) is 3.89 Å². The van der Waals surface area contributed by atoms with Crippen LogP contribution in [0, 0.1) is 0 Å². The molecule has 0 aromatic rings. The van der Waals surface area contributed by atoms with Crippen molar-refractivity contribution in [2.75, 3.05) is 26.7 Å². The third-order valence-electron chi connectivity index (χ3n) is 1.32. The predicted molar refractivity (Wildman–Crippen MR) is 46.8 cm³/mol. The minimum absolute atomic E-state index is 0.242. The summed E-state index contributed by atoms with van der Waals surface area (Å²) in [5.41, 5.74) is 0. The minimum Gasteiger partial charge on any atom is -0.396 e. The molecule has 0 saturated carbocycles. The van der Waals surface area contributed by atoms with E-state index in [-0.39, 0.29) is 6.61 Å². The molecule has 0 radical (unpaired) electrons. The number of hydrogen-bond donors (Lipinski definition) is 2. The Morgan fingerprint density at radius 3 is 2.70 bits per heavy atom. The molecule has 1 atom stereocenters. The second kappa shape index (κ2) is 4.77. The van der Waals surface area contributed by atoms with Gasteiger partial charge in [0.05, 0.1) is 26.4 Å². The molecule has 0 aliphatic carbocycles. The summed E-state index contributed by atoms with van der Waals surface area (Å²) >= 11 is 4.36. The summed E-state index contributed by atoms with van der Waals surface area (Å²) in [5, 5.41) is 8.53. The van der Waals surface area contributed by atoms with Crippen molar-refractivity contribution in [2.45, 2.75) is 6.42 Å². The van der Waals surface area contributed by atoms with Crippen LogP contribution in [0.25, 0.3) is 0 Å². The smallest absolute Gasteiger partial charge is 0.107 e. The Morgan fingerprint density at radius 1 is 1.70 bits per heavy atom. The van der Waals surface area contributed by atoms with Crippen molar-refractivity contribution in [3.63, 3.8) is 0 Å². The van der Waals surface area contributed by atoms with Crippen molar-refractivity contribution in [2.24, 2.45) is 0 Å². The average molecular weight is 162 g/mol. The van der Waals surface area contributed by atoms with Crippen molar-refractivity contribution in [1.29, 1.82) is 0 Å². The third kappa shape index (κ3) is 4.85. The Kier molecular flexibility index (Phi) is 4.77. The van der Waals surface area contributed by atoms with E-state index in [0.717, 1.165) is 19.5 Å². The molecule has 0 aliphatic heterocycles. The molecular weight excluding hydrogens is 146 g/mol. The molecule has 0 heterocycles. The molecule has 0 aromatic heterocycles. The van der Waals surface area contributed by atoms with Gasteiger partial charge in [-0.25, -0.2) is 0 Å². The molecule has 10 heavy (non-hydrogen) atoms. The molecule has 0 fully saturated rings. The summed E-state index contributed by atoms with van der Waals surface area (Å²) in [6, 6.07) is 0. The van der Waals surface area contributed by atoms with Crippen molar-refractivity contribution in [1.82, 2.24) is 0 Å². The zero-order valence-electron chi connectivity index (χ0n) is 6.45. The quantitative estimate of drug-likeness (QED) is 0.349. The highest BCUT2D eigenvalue weighted by atomic mass is 32.1. The highest BCUT2D eigenvalue weighted by molar-refractivity contribution is 7.74. The topological polar surface area (TPSA) is 20.2 Å². The van der Waals surface area contributed by atoms with Crippen LogP contribution in [0.3, 0.4) is 0 Å². The van der Waals surface area contributed by atoms with E-state index in [2.05, 4.69) is 19.4 Å². The van der Waals surface area contributed by atoms with E-state index < -0.39 is 0 Å². The number of quaternary nitrogens is 1. The molecule has 60 valence electrons. The second-order valence-corrected chi connectivity index (χ2v) is 3.58. The van der Waals surface area contributed by atoms with E-state index in [9.17, 15) is 0 Å². The zero-order valence-corrected chi connectivity index (χ0v) is 7.35. The van der Waals surface area contributed by atoms with Crippen molar-refractivity contribution in [3.8, 4) is 0 Å². The van der Waals surface area contributed by atoms with Crippen molar-refractivity contribution in [3.05, 3.63) is 12.7 Å². The SMILES string of the molecule is C=CC[N+](C)(S)CCCO.